The minimum Gasteiger partial charge on any atom is -0.748 e. The van der Waals surface area contributed by atoms with Gasteiger partial charge in [-0.1, -0.05) is 6.58 Å². The van der Waals surface area contributed by atoms with Crippen molar-refractivity contribution in [3.63, 3.8) is 0 Å². The number of nitrogens with zero attached hydrogens (tertiary/aromatic N) is 1. The molecule has 6 heteroatoms. The average Bonchev–Trinajstić information content (AvgIpc) is 1.98. The molecule has 5 nitrogen and oxygen atoms in total. The van der Waals surface area contributed by atoms with Crippen LogP contribution < -0.4 is 0 Å². The summed E-state index contributed by atoms with van der Waals surface area (Å²) in [4.78, 5) is 11.1. The van der Waals surface area contributed by atoms with Gasteiger partial charge in [0.25, 0.3) is 0 Å². The topological polar surface area (TPSA) is 74.3 Å². The Morgan fingerprint density at radius 1 is 1.54 bits per heavy atom. The molecule has 0 aromatic heterocycles. The van der Waals surface area contributed by atoms with E-state index >= 15 is 0 Å². The van der Waals surface area contributed by atoms with Crippen molar-refractivity contribution in [2.24, 2.45) is 0 Å². The molecule has 0 spiro atoms. The molecule has 0 aromatic rings. The summed E-state index contributed by atoms with van der Waals surface area (Å²) in [6, 6.07) is 0. The van der Waals surface area contributed by atoms with E-state index in [4.69, 9.17) is 0 Å². The highest BCUT2D eigenvalue weighted by molar-refractivity contribution is 7.85. The van der Waals surface area contributed by atoms with Crippen LogP contribution in [0.2, 0.25) is 0 Å². The third kappa shape index (κ3) is 4.76. The van der Waals surface area contributed by atoms with E-state index < -0.39 is 15.9 Å². The Balaban J connectivity index is 4.36. The summed E-state index contributed by atoms with van der Waals surface area (Å²) in [6.07, 6.45) is 1.11. The number of hydrogen-bond acceptors (Lipinski definition) is 4. The summed E-state index contributed by atoms with van der Waals surface area (Å²) in [5.41, 5.74) is 0. The van der Waals surface area contributed by atoms with Gasteiger partial charge in [0.2, 0.25) is 0 Å². The maximum Gasteiger partial charge on any atom is 0.337 e. The van der Waals surface area contributed by atoms with Crippen molar-refractivity contribution >= 4 is 16.0 Å². The first-order chi connectivity index (χ1) is 5.69. The highest BCUT2D eigenvalue weighted by Crippen LogP contribution is 2.00. The minimum absolute atomic E-state index is 0.0311. The number of quaternary nitrogens is 1. The fourth-order valence-electron chi connectivity index (χ4n) is 0.697. The number of carbonyl (C=O) groups excluding carboxylic acids is 1. The van der Waals surface area contributed by atoms with Crippen LogP contribution in [0.25, 0.3) is 0 Å². The van der Waals surface area contributed by atoms with E-state index in [0.717, 1.165) is 6.08 Å². The molecule has 1 amide bonds. The van der Waals surface area contributed by atoms with Crippen LogP contribution in [0.1, 0.15) is 0 Å². The van der Waals surface area contributed by atoms with Crippen LogP contribution in [0.4, 0.5) is 0 Å². The molecule has 0 rings (SSSR count). The minimum atomic E-state index is -4.25. The summed E-state index contributed by atoms with van der Waals surface area (Å²) >= 11 is 0. The van der Waals surface area contributed by atoms with Crippen molar-refractivity contribution in [3.8, 4) is 0 Å². The normalized spacial score (nSPS) is 12.5. The maximum absolute atomic E-state index is 11.1. The number of carbonyl (C=O) groups is 1. The second kappa shape index (κ2) is 3.99. The van der Waals surface area contributed by atoms with Crippen LogP contribution in [0.15, 0.2) is 12.7 Å². The van der Waals surface area contributed by atoms with Crippen LogP contribution >= 0.6 is 0 Å². The summed E-state index contributed by atoms with van der Waals surface area (Å²) in [5, 5.41) is 0. The smallest absolute Gasteiger partial charge is 0.337 e. The lowest BCUT2D eigenvalue weighted by Crippen LogP contribution is -2.47. The molecule has 0 bridgehead atoms. The molecule has 0 aliphatic heterocycles. The molecule has 0 saturated heterocycles. The lowest BCUT2D eigenvalue weighted by atomic mass is 10.4. The van der Waals surface area contributed by atoms with Gasteiger partial charge in [-0.3, -0.25) is 4.48 Å². The summed E-state index contributed by atoms with van der Waals surface area (Å²) in [5.74, 6) is -0.858. The largest absolute Gasteiger partial charge is 0.748 e. The van der Waals surface area contributed by atoms with Gasteiger partial charge in [-0.05, 0) is 0 Å². The second-order valence-corrected chi connectivity index (χ2v) is 4.74. The Hall–Kier alpha value is -0.720. The lowest BCUT2D eigenvalue weighted by molar-refractivity contribution is -0.808. The molecule has 0 aliphatic rings. The molecule has 0 heterocycles. The van der Waals surface area contributed by atoms with Gasteiger partial charge in [-0.25, -0.2) is 13.2 Å². The third-order valence-electron chi connectivity index (χ3n) is 1.67. The van der Waals surface area contributed by atoms with E-state index in [2.05, 4.69) is 6.58 Å². The van der Waals surface area contributed by atoms with Crippen LogP contribution in [-0.4, -0.2) is 49.8 Å². The molecule has 0 N–H and O–H groups in total. The van der Waals surface area contributed by atoms with Gasteiger partial charge in [0.15, 0.2) is 0 Å². The van der Waals surface area contributed by atoms with Crippen molar-refractivity contribution in [1.82, 2.24) is 0 Å². The van der Waals surface area contributed by atoms with Gasteiger partial charge in [0.05, 0.1) is 26.4 Å². The van der Waals surface area contributed by atoms with Crippen molar-refractivity contribution < 1.29 is 22.2 Å². The molecule has 0 unspecified atom stereocenters. The van der Waals surface area contributed by atoms with Gasteiger partial charge < -0.3 is 4.55 Å². The van der Waals surface area contributed by atoms with Gasteiger partial charge in [-0.15, -0.1) is 0 Å². The molecular weight excluding hydrogens is 194 g/mol. The first kappa shape index (κ1) is 12.3. The first-order valence-electron chi connectivity index (χ1n) is 3.62. The highest BCUT2D eigenvalue weighted by atomic mass is 32.2. The SMILES string of the molecule is C=CC(=O)[N+](C)(C)CCS(=O)(=O)[O-]. The zero-order chi connectivity index (χ0) is 10.7. The quantitative estimate of drug-likeness (QED) is 0.348. The monoisotopic (exact) mass is 207 g/mol. The molecule has 0 saturated carbocycles. The molecule has 13 heavy (non-hydrogen) atoms. The lowest BCUT2D eigenvalue weighted by Gasteiger charge is -2.25. The van der Waals surface area contributed by atoms with Crippen LogP contribution in [0.3, 0.4) is 0 Å². The standard InChI is InChI=1S/C7H13NO4S/c1-4-7(9)8(2,3)5-6-13(10,11)12/h4H,1,5-6H2,2-3H3. The van der Waals surface area contributed by atoms with Crippen LogP contribution in [-0.2, 0) is 14.9 Å². The van der Waals surface area contributed by atoms with Gasteiger partial charge >= 0.3 is 5.91 Å². The third-order valence-corrected chi connectivity index (χ3v) is 2.35. The van der Waals surface area contributed by atoms with Crippen LogP contribution in [0.5, 0.6) is 0 Å². The van der Waals surface area contributed by atoms with Crippen LogP contribution in [0, 0.1) is 0 Å². The Bertz CT molecular complexity index is 304. The Kier molecular flexibility index (Phi) is 3.77. The number of rotatable bonds is 4. The summed E-state index contributed by atoms with van der Waals surface area (Å²) in [6.45, 7) is 3.25. The van der Waals surface area contributed by atoms with E-state index in [1.165, 1.54) is 14.1 Å². The predicted octanol–water partition coefficient (Wildman–Crippen LogP) is -0.679. The van der Waals surface area contributed by atoms with Crippen molar-refractivity contribution in [1.29, 1.82) is 0 Å². The van der Waals surface area contributed by atoms with Gasteiger partial charge in [-0.2, -0.15) is 0 Å². The molecule has 0 aliphatic carbocycles. The predicted molar refractivity (Wildman–Crippen MR) is 46.7 cm³/mol. The fourth-order valence-corrected chi connectivity index (χ4v) is 1.38. The second-order valence-electron chi connectivity index (χ2n) is 3.21. The Morgan fingerprint density at radius 3 is 2.31 bits per heavy atom. The van der Waals surface area contributed by atoms with Crippen molar-refractivity contribution in [3.05, 3.63) is 12.7 Å². The molecule has 76 valence electrons. The van der Waals surface area contributed by atoms with E-state index in [1.54, 1.807) is 0 Å². The first-order valence-corrected chi connectivity index (χ1v) is 5.20. The zero-order valence-corrected chi connectivity index (χ0v) is 8.50. The fraction of sp³-hybridized carbons (Fsp3) is 0.571. The van der Waals surface area contributed by atoms with E-state index in [-0.39, 0.29) is 16.9 Å². The maximum atomic E-state index is 11.1. The number of likely N-dealkylation sites (N-methyl/N-ethyl adjacent to an activating group) is 1. The van der Waals surface area contributed by atoms with Gasteiger partial charge in [0, 0.05) is 6.08 Å². The Labute approximate surface area is 78.0 Å². The molecule has 0 radical (unpaired) electrons. The average molecular weight is 207 g/mol. The van der Waals surface area contributed by atoms with E-state index in [1.807, 2.05) is 0 Å². The molecule has 0 aromatic carbocycles. The zero-order valence-electron chi connectivity index (χ0n) is 7.69. The summed E-state index contributed by atoms with van der Waals surface area (Å²) in [7, 11) is -1.21. The highest BCUT2D eigenvalue weighted by Gasteiger charge is 2.23. The van der Waals surface area contributed by atoms with Crippen molar-refractivity contribution in [2.45, 2.75) is 0 Å². The van der Waals surface area contributed by atoms with E-state index in [9.17, 15) is 17.8 Å². The summed E-state index contributed by atoms with van der Waals surface area (Å²) < 4.78 is 30.7. The number of hydrogen-bond donors (Lipinski definition) is 0. The van der Waals surface area contributed by atoms with Crippen molar-refractivity contribution in [2.75, 3.05) is 26.4 Å². The molecule has 0 atom stereocenters. The van der Waals surface area contributed by atoms with Gasteiger partial charge in [0.1, 0.15) is 10.1 Å². The number of amides is 1. The van der Waals surface area contributed by atoms with E-state index in [0.29, 0.717) is 0 Å². The Morgan fingerprint density at radius 2 is 2.00 bits per heavy atom. The molecular formula is C7H13NO4S. The molecule has 0 fully saturated rings.